The zero-order chi connectivity index (χ0) is 16.1. The number of nitrogens with one attached hydrogen (secondary N) is 1. The van der Waals surface area contributed by atoms with E-state index in [2.05, 4.69) is 10.3 Å². The van der Waals surface area contributed by atoms with Crippen LogP contribution in [0.1, 0.15) is 37.9 Å². The Bertz CT molecular complexity index is 543. The van der Waals surface area contributed by atoms with Gasteiger partial charge in [-0.15, -0.1) is 0 Å². The molecule has 8 nitrogen and oxygen atoms in total. The predicted molar refractivity (Wildman–Crippen MR) is 81.2 cm³/mol. The molecule has 122 valence electrons. The van der Waals surface area contributed by atoms with E-state index >= 15 is 0 Å². The lowest BCUT2D eigenvalue weighted by atomic mass is 9.84. The topological polar surface area (TPSA) is 116 Å². The number of nitro groups is 1. The number of imidazole rings is 1. The first-order valence-corrected chi connectivity index (χ1v) is 7.69. The standard InChI is InChI=1S/C14H23N5O3/c1-10-16-13(19(21)22)9-18(10)7-6-14(20)17-12-5-3-2-4-11(12)8-15/h9,11-12H,2-8,15H2,1H3,(H,17,20). The summed E-state index contributed by atoms with van der Waals surface area (Å²) in [5, 5.41) is 13.7. The van der Waals surface area contributed by atoms with Gasteiger partial charge in [0.25, 0.3) is 0 Å². The maximum absolute atomic E-state index is 12.1. The van der Waals surface area contributed by atoms with Gasteiger partial charge in [-0.05, 0) is 35.2 Å². The molecule has 1 amide bonds. The van der Waals surface area contributed by atoms with Gasteiger partial charge in [-0.1, -0.05) is 12.8 Å². The molecule has 22 heavy (non-hydrogen) atoms. The Morgan fingerprint density at radius 2 is 2.27 bits per heavy atom. The molecule has 2 rings (SSSR count). The molecule has 1 fully saturated rings. The highest BCUT2D eigenvalue weighted by Crippen LogP contribution is 2.23. The molecule has 0 saturated heterocycles. The first-order chi connectivity index (χ1) is 10.5. The molecule has 8 heteroatoms. The molecule has 0 aromatic carbocycles. The molecular formula is C14H23N5O3. The number of carbonyl (C=O) groups is 1. The second-order valence-electron chi connectivity index (χ2n) is 5.80. The Kier molecular flexibility index (Phi) is 5.48. The third-order valence-electron chi connectivity index (χ3n) is 4.29. The maximum Gasteiger partial charge on any atom is 0.381 e. The van der Waals surface area contributed by atoms with Crippen LogP contribution in [0.2, 0.25) is 0 Å². The van der Waals surface area contributed by atoms with Crippen molar-refractivity contribution in [1.29, 1.82) is 0 Å². The van der Waals surface area contributed by atoms with E-state index in [0.717, 1.165) is 19.3 Å². The molecular weight excluding hydrogens is 286 g/mol. The molecule has 0 spiro atoms. The van der Waals surface area contributed by atoms with E-state index in [1.807, 2.05) is 0 Å². The van der Waals surface area contributed by atoms with Crippen LogP contribution in [0.4, 0.5) is 5.82 Å². The maximum atomic E-state index is 12.1. The molecule has 1 heterocycles. The van der Waals surface area contributed by atoms with Gasteiger partial charge in [0.2, 0.25) is 11.7 Å². The first kappa shape index (κ1) is 16.4. The van der Waals surface area contributed by atoms with Crippen molar-refractivity contribution in [3.8, 4) is 0 Å². The Morgan fingerprint density at radius 1 is 1.55 bits per heavy atom. The van der Waals surface area contributed by atoms with Crippen LogP contribution in [0.15, 0.2) is 6.20 Å². The molecule has 0 radical (unpaired) electrons. The molecule has 0 aliphatic heterocycles. The second kappa shape index (κ2) is 7.35. The van der Waals surface area contributed by atoms with Gasteiger partial charge in [-0.3, -0.25) is 4.79 Å². The first-order valence-electron chi connectivity index (χ1n) is 7.69. The summed E-state index contributed by atoms with van der Waals surface area (Å²) in [6.45, 7) is 2.67. The lowest BCUT2D eigenvalue weighted by Crippen LogP contribution is -2.44. The van der Waals surface area contributed by atoms with Crippen LogP contribution in [0, 0.1) is 23.0 Å². The zero-order valence-corrected chi connectivity index (χ0v) is 12.8. The Morgan fingerprint density at radius 3 is 2.91 bits per heavy atom. The minimum absolute atomic E-state index is 0.0406. The van der Waals surface area contributed by atoms with Crippen molar-refractivity contribution in [1.82, 2.24) is 14.9 Å². The number of rotatable bonds is 6. The molecule has 0 bridgehead atoms. The number of nitrogens with two attached hydrogens (primary N) is 1. The highest BCUT2D eigenvalue weighted by molar-refractivity contribution is 5.76. The lowest BCUT2D eigenvalue weighted by molar-refractivity contribution is -0.389. The number of aromatic nitrogens is 2. The van der Waals surface area contributed by atoms with E-state index in [4.69, 9.17) is 5.73 Å². The van der Waals surface area contributed by atoms with Gasteiger partial charge in [-0.2, -0.15) is 0 Å². The molecule has 1 aromatic heterocycles. The number of hydrogen-bond acceptors (Lipinski definition) is 5. The highest BCUT2D eigenvalue weighted by atomic mass is 16.6. The third-order valence-corrected chi connectivity index (χ3v) is 4.29. The zero-order valence-electron chi connectivity index (χ0n) is 12.8. The largest absolute Gasteiger partial charge is 0.381 e. The van der Waals surface area contributed by atoms with E-state index < -0.39 is 4.92 Å². The molecule has 1 aromatic rings. The summed E-state index contributed by atoms with van der Waals surface area (Å²) in [4.78, 5) is 26.1. The smallest absolute Gasteiger partial charge is 0.358 e. The fourth-order valence-electron chi connectivity index (χ4n) is 2.99. The van der Waals surface area contributed by atoms with E-state index in [9.17, 15) is 14.9 Å². The summed E-state index contributed by atoms with van der Waals surface area (Å²) in [7, 11) is 0. The molecule has 2 unspecified atom stereocenters. The monoisotopic (exact) mass is 309 g/mol. The molecule has 1 aliphatic rings. The van der Waals surface area contributed by atoms with Gasteiger partial charge in [-0.25, -0.2) is 0 Å². The molecule has 1 saturated carbocycles. The minimum Gasteiger partial charge on any atom is -0.358 e. The summed E-state index contributed by atoms with van der Waals surface area (Å²) >= 11 is 0. The lowest BCUT2D eigenvalue weighted by Gasteiger charge is -2.31. The Balaban J connectivity index is 1.86. The van der Waals surface area contributed by atoms with Crippen LogP contribution in [-0.2, 0) is 11.3 Å². The predicted octanol–water partition coefficient (Wildman–Crippen LogP) is 1.12. The second-order valence-corrected chi connectivity index (χ2v) is 5.80. The van der Waals surface area contributed by atoms with Crippen molar-refractivity contribution >= 4 is 11.7 Å². The van der Waals surface area contributed by atoms with Crippen LogP contribution >= 0.6 is 0 Å². The number of aryl methyl sites for hydroxylation is 2. The Labute approximate surface area is 129 Å². The van der Waals surface area contributed by atoms with Gasteiger partial charge in [0, 0.05) is 25.9 Å². The van der Waals surface area contributed by atoms with Crippen LogP contribution < -0.4 is 11.1 Å². The highest BCUT2D eigenvalue weighted by Gasteiger charge is 2.25. The van der Waals surface area contributed by atoms with Crippen molar-refractivity contribution in [2.45, 2.75) is 51.6 Å². The van der Waals surface area contributed by atoms with Crippen molar-refractivity contribution < 1.29 is 9.72 Å². The molecule has 2 atom stereocenters. The van der Waals surface area contributed by atoms with Crippen molar-refractivity contribution in [3.63, 3.8) is 0 Å². The summed E-state index contributed by atoms with van der Waals surface area (Å²) < 4.78 is 1.64. The molecule has 3 N–H and O–H groups in total. The number of hydrogen-bond donors (Lipinski definition) is 2. The third kappa shape index (κ3) is 4.03. The fraction of sp³-hybridized carbons (Fsp3) is 0.714. The van der Waals surface area contributed by atoms with Crippen molar-refractivity contribution in [2.75, 3.05) is 6.54 Å². The summed E-state index contributed by atoms with van der Waals surface area (Å²) in [6, 6.07) is 0.157. The van der Waals surface area contributed by atoms with E-state index in [-0.39, 0.29) is 24.2 Å². The van der Waals surface area contributed by atoms with Gasteiger partial charge >= 0.3 is 5.82 Å². The van der Waals surface area contributed by atoms with E-state index in [0.29, 0.717) is 24.8 Å². The fourth-order valence-corrected chi connectivity index (χ4v) is 2.99. The van der Waals surface area contributed by atoms with Crippen LogP contribution in [-0.4, -0.2) is 33.0 Å². The van der Waals surface area contributed by atoms with Crippen LogP contribution in [0.25, 0.3) is 0 Å². The average Bonchev–Trinajstić information content (AvgIpc) is 2.87. The van der Waals surface area contributed by atoms with Crippen molar-refractivity contribution in [3.05, 3.63) is 22.1 Å². The van der Waals surface area contributed by atoms with Gasteiger partial charge < -0.3 is 25.7 Å². The SMILES string of the molecule is Cc1nc([N+](=O)[O-])cn1CCC(=O)NC1CCCCC1CN. The summed E-state index contributed by atoms with van der Waals surface area (Å²) in [5.74, 6) is 0.667. The summed E-state index contributed by atoms with van der Waals surface area (Å²) in [5.41, 5.74) is 5.76. The number of carbonyl (C=O) groups excluding carboxylic acids is 1. The Hall–Kier alpha value is -1.96. The van der Waals surface area contributed by atoms with Gasteiger partial charge in [0.05, 0.1) is 0 Å². The normalized spacial score (nSPS) is 21.5. The van der Waals surface area contributed by atoms with Crippen molar-refractivity contribution in [2.24, 2.45) is 11.7 Å². The quantitative estimate of drug-likeness (QED) is 0.603. The van der Waals surface area contributed by atoms with Gasteiger partial charge in [0.15, 0.2) is 0 Å². The number of amides is 1. The van der Waals surface area contributed by atoms with Crippen LogP contribution in [0.5, 0.6) is 0 Å². The minimum atomic E-state index is -0.530. The van der Waals surface area contributed by atoms with Gasteiger partial charge in [0.1, 0.15) is 6.20 Å². The molecule has 1 aliphatic carbocycles. The summed E-state index contributed by atoms with van der Waals surface area (Å²) in [6.07, 6.45) is 5.98. The average molecular weight is 309 g/mol. The van der Waals surface area contributed by atoms with Crippen LogP contribution in [0.3, 0.4) is 0 Å². The van der Waals surface area contributed by atoms with E-state index in [1.165, 1.54) is 12.6 Å². The van der Waals surface area contributed by atoms with E-state index in [1.54, 1.807) is 11.5 Å². The number of nitrogens with zero attached hydrogens (tertiary/aromatic N) is 3.